The van der Waals surface area contributed by atoms with Crippen molar-refractivity contribution in [2.24, 2.45) is 4.99 Å². The second-order valence-electron chi connectivity index (χ2n) is 11.7. The van der Waals surface area contributed by atoms with Gasteiger partial charge in [-0.05, 0) is 75.9 Å². The van der Waals surface area contributed by atoms with Gasteiger partial charge in [0, 0.05) is 5.56 Å². The van der Waals surface area contributed by atoms with Crippen LogP contribution in [0.15, 0.2) is 175 Å². The van der Waals surface area contributed by atoms with Gasteiger partial charge < -0.3 is 0 Å². The molecule has 2 nitrogen and oxygen atoms in total. The zero-order chi connectivity index (χ0) is 32.6. The van der Waals surface area contributed by atoms with Crippen LogP contribution in [0.4, 0.5) is 0 Å². The highest BCUT2D eigenvalue weighted by Gasteiger charge is 2.16. The monoisotopic (exact) mass is 604 g/mol. The SMILES string of the molecule is C=C(N=C(/C(C#N)=C(\C)c1ccccc1)c1ccc(-c2ccc(Cc3ccccc3-c3ccccc3C)cc2)cc1)c1ccccc1. The fourth-order valence-corrected chi connectivity index (χ4v) is 5.91. The minimum absolute atomic E-state index is 0.524. The van der Waals surface area contributed by atoms with Crippen molar-refractivity contribution >= 4 is 17.0 Å². The summed E-state index contributed by atoms with van der Waals surface area (Å²) in [7, 11) is 0. The first-order valence-corrected chi connectivity index (χ1v) is 15.9. The molecule has 6 aromatic rings. The molecule has 6 aromatic carbocycles. The molecule has 0 aromatic heterocycles. The van der Waals surface area contributed by atoms with Crippen molar-refractivity contribution in [3.05, 3.63) is 203 Å². The van der Waals surface area contributed by atoms with E-state index >= 15 is 0 Å². The van der Waals surface area contributed by atoms with Gasteiger partial charge >= 0.3 is 0 Å². The average molecular weight is 605 g/mol. The third kappa shape index (κ3) is 7.12. The Kier molecular flexibility index (Phi) is 9.47. The summed E-state index contributed by atoms with van der Waals surface area (Å²) < 4.78 is 0. The standard InChI is InChI=1S/C45H36N2/c1-32-14-10-12-20-42(32)43-21-13-11-19-41(43)30-35-22-24-38(25-23-35)39-26-28-40(29-27-39)45(47-34(3)37-17-8-5-9-18-37)44(31-46)33(2)36-15-6-4-7-16-36/h4-29H,3,30H2,1-2H3/b44-33+,47-45?. The maximum absolute atomic E-state index is 10.4. The molecule has 0 saturated carbocycles. The van der Waals surface area contributed by atoms with E-state index in [2.05, 4.69) is 117 Å². The van der Waals surface area contributed by atoms with Gasteiger partial charge in [0.1, 0.15) is 6.07 Å². The Hall–Kier alpha value is -6.04. The predicted octanol–water partition coefficient (Wildman–Crippen LogP) is 11.4. The van der Waals surface area contributed by atoms with Crippen molar-refractivity contribution in [1.29, 1.82) is 5.26 Å². The Bertz CT molecular complexity index is 2110. The molecule has 0 unspecified atom stereocenters. The van der Waals surface area contributed by atoms with Gasteiger partial charge in [0.2, 0.25) is 0 Å². The smallest absolute Gasteiger partial charge is 0.102 e. The first-order chi connectivity index (χ1) is 23.0. The summed E-state index contributed by atoms with van der Waals surface area (Å²) >= 11 is 0. The van der Waals surface area contributed by atoms with Crippen molar-refractivity contribution < 1.29 is 0 Å². The van der Waals surface area contributed by atoms with E-state index in [9.17, 15) is 5.26 Å². The lowest BCUT2D eigenvalue weighted by molar-refractivity contribution is 1.19. The van der Waals surface area contributed by atoms with Crippen molar-refractivity contribution in [3.63, 3.8) is 0 Å². The Balaban J connectivity index is 1.30. The van der Waals surface area contributed by atoms with Crippen LogP contribution in [-0.2, 0) is 6.42 Å². The van der Waals surface area contributed by atoms with E-state index in [1.54, 1.807) is 0 Å². The van der Waals surface area contributed by atoms with Crippen LogP contribution in [0.2, 0.25) is 0 Å². The normalized spacial score (nSPS) is 11.8. The second-order valence-corrected chi connectivity index (χ2v) is 11.7. The van der Waals surface area contributed by atoms with E-state index in [1.807, 2.05) is 67.6 Å². The van der Waals surface area contributed by atoms with Gasteiger partial charge in [-0.15, -0.1) is 0 Å². The number of nitriles is 1. The van der Waals surface area contributed by atoms with Gasteiger partial charge in [0.15, 0.2) is 0 Å². The van der Waals surface area contributed by atoms with Gasteiger partial charge in [0.05, 0.1) is 17.0 Å². The molecule has 0 amide bonds. The molecular formula is C45H36N2. The molecule has 0 N–H and O–H groups in total. The van der Waals surface area contributed by atoms with Crippen LogP contribution in [0.3, 0.4) is 0 Å². The van der Waals surface area contributed by atoms with Gasteiger partial charge in [-0.25, -0.2) is 4.99 Å². The van der Waals surface area contributed by atoms with E-state index in [4.69, 9.17) is 4.99 Å². The molecule has 0 bridgehead atoms. The van der Waals surface area contributed by atoms with Crippen LogP contribution in [-0.4, -0.2) is 5.71 Å². The Morgan fingerprint density at radius 1 is 0.596 bits per heavy atom. The van der Waals surface area contributed by atoms with Crippen LogP contribution < -0.4 is 0 Å². The first kappa shape index (κ1) is 31.0. The zero-order valence-corrected chi connectivity index (χ0v) is 26.8. The molecule has 2 heteroatoms. The van der Waals surface area contributed by atoms with Crippen LogP contribution in [0.5, 0.6) is 0 Å². The van der Waals surface area contributed by atoms with Crippen LogP contribution in [0.1, 0.15) is 40.3 Å². The fourth-order valence-electron chi connectivity index (χ4n) is 5.91. The maximum atomic E-state index is 10.4. The molecular weight excluding hydrogens is 569 g/mol. The molecule has 0 aliphatic carbocycles. The number of aliphatic imine (C=N–C) groups is 1. The molecule has 0 aliphatic heterocycles. The summed E-state index contributed by atoms with van der Waals surface area (Å²) in [6, 6.07) is 56.7. The van der Waals surface area contributed by atoms with E-state index < -0.39 is 0 Å². The first-order valence-electron chi connectivity index (χ1n) is 15.9. The molecule has 0 saturated heterocycles. The highest BCUT2D eigenvalue weighted by molar-refractivity contribution is 6.20. The van der Waals surface area contributed by atoms with Gasteiger partial charge in [-0.3, -0.25) is 0 Å². The molecule has 226 valence electrons. The molecule has 0 spiro atoms. The van der Waals surface area contributed by atoms with Gasteiger partial charge in [-0.2, -0.15) is 5.26 Å². The van der Waals surface area contributed by atoms with Gasteiger partial charge in [-0.1, -0.05) is 164 Å². The minimum atomic E-state index is 0.524. The Morgan fingerprint density at radius 3 is 1.74 bits per heavy atom. The van der Waals surface area contributed by atoms with E-state index in [1.165, 1.54) is 27.8 Å². The van der Waals surface area contributed by atoms with Gasteiger partial charge in [0.25, 0.3) is 0 Å². The summed E-state index contributed by atoms with van der Waals surface area (Å²) in [5.41, 5.74) is 14.0. The van der Waals surface area contributed by atoms with Crippen molar-refractivity contribution in [2.45, 2.75) is 20.3 Å². The molecule has 0 aliphatic rings. The van der Waals surface area contributed by atoms with Crippen LogP contribution >= 0.6 is 0 Å². The number of benzene rings is 6. The quantitative estimate of drug-likeness (QED) is 0.119. The number of rotatable bonds is 9. The number of nitrogens with zero attached hydrogens (tertiary/aromatic N) is 2. The summed E-state index contributed by atoms with van der Waals surface area (Å²) in [5, 5.41) is 10.4. The second kappa shape index (κ2) is 14.4. The average Bonchev–Trinajstić information content (AvgIpc) is 3.13. The fraction of sp³-hybridized carbons (Fsp3) is 0.0667. The van der Waals surface area contributed by atoms with E-state index in [0.717, 1.165) is 39.8 Å². The van der Waals surface area contributed by atoms with Crippen LogP contribution in [0, 0.1) is 18.3 Å². The molecule has 0 heterocycles. The number of hydrogen-bond donors (Lipinski definition) is 0. The third-order valence-electron chi connectivity index (χ3n) is 8.58. The maximum Gasteiger partial charge on any atom is 0.102 e. The lowest BCUT2D eigenvalue weighted by atomic mass is 9.92. The summed E-state index contributed by atoms with van der Waals surface area (Å²) in [5.74, 6) is 0. The van der Waals surface area contributed by atoms with Crippen molar-refractivity contribution in [2.75, 3.05) is 0 Å². The highest BCUT2D eigenvalue weighted by Crippen LogP contribution is 2.30. The summed E-state index contributed by atoms with van der Waals surface area (Å²) in [6.07, 6.45) is 0.860. The van der Waals surface area contributed by atoms with E-state index in [-0.39, 0.29) is 0 Å². The predicted molar refractivity (Wildman–Crippen MR) is 198 cm³/mol. The molecule has 0 fully saturated rings. The lowest BCUT2D eigenvalue weighted by Gasteiger charge is -2.13. The molecule has 0 atom stereocenters. The number of aryl methyl sites for hydroxylation is 1. The highest BCUT2D eigenvalue weighted by atomic mass is 14.8. The largest absolute Gasteiger partial charge is 0.247 e. The molecule has 6 rings (SSSR count). The number of hydrogen-bond acceptors (Lipinski definition) is 2. The summed E-state index contributed by atoms with van der Waals surface area (Å²) in [6.45, 7) is 8.39. The minimum Gasteiger partial charge on any atom is -0.247 e. The molecule has 47 heavy (non-hydrogen) atoms. The van der Waals surface area contributed by atoms with Crippen LogP contribution in [0.25, 0.3) is 33.5 Å². The summed E-state index contributed by atoms with van der Waals surface area (Å²) in [4.78, 5) is 4.96. The van der Waals surface area contributed by atoms with Crippen molar-refractivity contribution in [1.82, 2.24) is 0 Å². The lowest BCUT2D eigenvalue weighted by Crippen LogP contribution is -2.07. The Morgan fingerprint density at radius 2 is 1.13 bits per heavy atom. The third-order valence-corrected chi connectivity index (χ3v) is 8.58. The molecule has 0 radical (unpaired) electrons. The Labute approximate surface area is 278 Å². The number of allylic oxidation sites excluding steroid dienone is 2. The zero-order valence-electron chi connectivity index (χ0n) is 26.8. The van der Waals surface area contributed by atoms with E-state index in [0.29, 0.717) is 17.0 Å². The van der Waals surface area contributed by atoms with Crippen molar-refractivity contribution in [3.8, 4) is 28.3 Å². The topological polar surface area (TPSA) is 36.1 Å².